The van der Waals surface area contributed by atoms with Gasteiger partial charge in [0.1, 0.15) is 0 Å². The fourth-order valence-electron chi connectivity index (χ4n) is 2.41. The standard InChI is InChI=1S/C19H18O4/c20-18(21)16(12-11-14-7-3-1-4-8-14)17(19(22)23)13-15-9-5-2-6-10-15/h1-10H,11-13H2,(H,20,21)(H,22,23)/b17-16-. The van der Waals surface area contributed by atoms with Crippen LogP contribution in [-0.4, -0.2) is 22.2 Å². The summed E-state index contributed by atoms with van der Waals surface area (Å²) in [5.74, 6) is -2.35. The summed E-state index contributed by atoms with van der Waals surface area (Å²) in [5.41, 5.74) is 1.67. The van der Waals surface area contributed by atoms with Gasteiger partial charge in [-0.2, -0.15) is 0 Å². The molecule has 2 aromatic carbocycles. The lowest BCUT2D eigenvalue weighted by Crippen LogP contribution is -2.14. The maximum Gasteiger partial charge on any atom is 0.332 e. The molecule has 0 unspecified atom stereocenters. The van der Waals surface area contributed by atoms with E-state index in [1.807, 2.05) is 36.4 Å². The quantitative estimate of drug-likeness (QED) is 0.769. The molecule has 0 saturated carbocycles. The van der Waals surface area contributed by atoms with Gasteiger partial charge in [0.25, 0.3) is 0 Å². The van der Waals surface area contributed by atoms with Crippen LogP contribution in [0.5, 0.6) is 0 Å². The summed E-state index contributed by atoms with van der Waals surface area (Å²) in [6.45, 7) is 0. The third-order valence-electron chi connectivity index (χ3n) is 3.61. The molecule has 0 amide bonds. The summed E-state index contributed by atoms with van der Waals surface area (Å²) in [5, 5.41) is 18.9. The Bertz CT molecular complexity index is 703. The molecular weight excluding hydrogens is 292 g/mol. The van der Waals surface area contributed by atoms with Crippen LogP contribution in [0.15, 0.2) is 71.8 Å². The number of aliphatic carboxylic acids is 2. The van der Waals surface area contributed by atoms with E-state index in [1.54, 1.807) is 24.3 Å². The van der Waals surface area contributed by atoms with E-state index in [1.165, 1.54) is 0 Å². The predicted octanol–water partition coefficient (Wildman–Crippen LogP) is 3.33. The van der Waals surface area contributed by atoms with Crippen molar-refractivity contribution in [1.82, 2.24) is 0 Å². The highest BCUT2D eigenvalue weighted by atomic mass is 16.4. The highest BCUT2D eigenvalue weighted by molar-refractivity contribution is 5.99. The summed E-state index contributed by atoms with van der Waals surface area (Å²) in [6.07, 6.45) is 0.786. The molecule has 2 N–H and O–H groups in total. The van der Waals surface area contributed by atoms with Crippen molar-refractivity contribution in [3.8, 4) is 0 Å². The molecule has 0 fully saturated rings. The van der Waals surface area contributed by atoms with Gasteiger partial charge in [-0.25, -0.2) is 9.59 Å². The summed E-state index contributed by atoms with van der Waals surface area (Å²) in [4.78, 5) is 23.1. The number of carboxylic acids is 2. The highest BCUT2D eigenvalue weighted by Gasteiger charge is 2.20. The first-order valence-electron chi connectivity index (χ1n) is 7.34. The molecule has 2 aromatic rings. The number of carboxylic acid groups (broad SMARTS) is 2. The number of hydrogen-bond acceptors (Lipinski definition) is 2. The first-order valence-corrected chi connectivity index (χ1v) is 7.34. The first kappa shape index (κ1) is 16.5. The number of benzene rings is 2. The molecule has 0 spiro atoms. The average Bonchev–Trinajstić information content (AvgIpc) is 2.55. The molecule has 0 saturated heterocycles. The molecule has 0 aromatic heterocycles. The van der Waals surface area contributed by atoms with Crippen molar-refractivity contribution >= 4 is 11.9 Å². The molecule has 23 heavy (non-hydrogen) atoms. The first-order chi connectivity index (χ1) is 11.1. The predicted molar refractivity (Wildman–Crippen MR) is 87.2 cm³/mol. The van der Waals surface area contributed by atoms with Gasteiger partial charge in [-0.3, -0.25) is 0 Å². The summed E-state index contributed by atoms with van der Waals surface area (Å²) >= 11 is 0. The van der Waals surface area contributed by atoms with Gasteiger partial charge < -0.3 is 10.2 Å². The van der Waals surface area contributed by atoms with E-state index >= 15 is 0 Å². The molecule has 0 atom stereocenters. The fraction of sp³-hybridized carbons (Fsp3) is 0.158. The number of rotatable bonds is 7. The minimum absolute atomic E-state index is 0.0368. The molecule has 0 aliphatic carbocycles. The van der Waals surface area contributed by atoms with Crippen LogP contribution in [0.25, 0.3) is 0 Å². The minimum Gasteiger partial charge on any atom is -0.478 e. The van der Waals surface area contributed by atoms with E-state index in [4.69, 9.17) is 0 Å². The normalized spacial score (nSPS) is 11.7. The number of hydrogen-bond donors (Lipinski definition) is 2. The van der Waals surface area contributed by atoms with Gasteiger partial charge in [-0.1, -0.05) is 60.7 Å². The maximum absolute atomic E-state index is 11.5. The molecule has 2 rings (SSSR count). The smallest absolute Gasteiger partial charge is 0.332 e. The van der Waals surface area contributed by atoms with E-state index in [-0.39, 0.29) is 24.0 Å². The maximum atomic E-state index is 11.5. The topological polar surface area (TPSA) is 74.6 Å². The van der Waals surface area contributed by atoms with Crippen LogP contribution in [0.4, 0.5) is 0 Å². The second-order valence-corrected chi connectivity index (χ2v) is 5.22. The van der Waals surface area contributed by atoms with Crippen molar-refractivity contribution in [2.24, 2.45) is 0 Å². The monoisotopic (exact) mass is 310 g/mol. The van der Waals surface area contributed by atoms with Crippen molar-refractivity contribution in [3.63, 3.8) is 0 Å². The van der Waals surface area contributed by atoms with Gasteiger partial charge in [-0.05, 0) is 24.0 Å². The van der Waals surface area contributed by atoms with Gasteiger partial charge in [0.2, 0.25) is 0 Å². The van der Waals surface area contributed by atoms with E-state index < -0.39 is 11.9 Å². The Morgan fingerprint density at radius 2 is 1.17 bits per heavy atom. The van der Waals surface area contributed by atoms with E-state index in [9.17, 15) is 19.8 Å². The second-order valence-electron chi connectivity index (χ2n) is 5.22. The molecular formula is C19H18O4. The zero-order valence-corrected chi connectivity index (χ0v) is 12.6. The average molecular weight is 310 g/mol. The summed E-state index contributed by atoms with van der Waals surface area (Å²) < 4.78 is 0. The molecule has 0 aliphatic heterocycles. The number of aryl methyl sites for hydroxylation is 1. The lowest BCUT2D eigenvalue weighted by molar-refractivity contribution is -0.136. The van der Waals surface area contributed by atoms with Crippen molar-refractivity contribution < 1.29 is 19.8 Å². The van der Waals surface area contributed by atoms with Crippen LogP contribution in [0.2, 0.25) is 0 Å². The Morgan fingerprint density at radius 3 is 1.65 bits per heavy atom. The number of carbonyl (C=O) groups is 2. The molecule has 0 heterocycles. The molecule has 4 nitrogen and oxygen atoms in total. The van der Waals surface area contributed by atoms with Gasteiger partial charge in [0.15, 0.2) is 0 Å². The Hall–Kier alpha value is -2.88. The van der Waals surface area contributed by atoms with Crippen molar-refractivity contribution in [1.29, 1.82) is 0 Å². The zero-order valence-electron chi connectivity index (χ0n) is 12.6. The summed E-state index contributed by atoms with van der Waals surface area (Å²) in [7, 11) is 0. The SMILES string of the molecule is O=C(O)/C(CCc1ccccc1)=C(/Cc1ccccc1)C(=O)O. The Kier molecular flexibility index (Phi) is 5.69. The van der Waals surface area contributed by atoms with Gasteiger partial charge >= 0.3 is 11.9 Å². The third kappa shape index (κ3) is 4.81. The van der Waals surface area contributed by atoms with Gasteiger partial charge in [0, 0.05) is 12.0 Å². The Labute approximate surface area is 134 Å². The van der Waals surface area contributed by atoms with E-state index in [0.29, 0.717) is 6.42 Å². The van der Waals surface area contributed by atoms with Crippen LogP contribution in [0, 0.1) is 0 Å². The lowest BCUT2D eigenvalue weighted by Gasteiger charge is -2.09. The molecule has 0 aliphatic rings. The van der Waals surface area contributed by atoms with Crippen LogP contribution >= 0.6 is 0 Å². The molecule has 0 radical (unpaired) electrons. The third-order valence-corrected chi connectivity index (χ3v) is 3.61. The van der Waals surface area contributed by atoms with Crippen LogP contribution in [0.1, 0.15) is 17.5 Å². The van der Waals surface area contributed by atoms with Crippen LogP contribution in [-0.2, 0) is 22.4 Å². The largest absolute Gasteiger partial charge is 0.478 e. The van der Waals surface area contributed by atoms with Crippen molar-refractivity contribution in [3.05, 3.63) is 82.9 Å². The Balaban J connectivity index is 2.26. The molecule has 118 valence electrons. The van der Waals surface area contributed by atoms with Crippen molar-refractivity contribution in [2.75, 3.05) is 0 Å². The fourth-order valence-corrected chi connectivity index (χ4v) is 2.41. The highest BCUT2D eigenvalue weighted by Crippen LogP contribution is 2.18. The lowest BCUT2D eigenvalue weighted by atomic mass is 9.95. The van der Waals surface area contributed by atoms with Crippen molar-refractivity contribution in [2.45, 2.75) is 19.3 Å². The van der Waals surface area contributed by atoms with E-state index in [2.05, 4.69) is 0 Å². The second kappa shape index (κ2) is 7.94. The molecule has 4 heteroatoms. The summed E-state index contributed by atoms with van der Waals surface area (Å²) in [6, 6.07) is 18.5. The van der Waals surface area contributed by atoms with Crippen LogP contribution in [0.3, 0.4) is 0 Å². The minimum atomic E-state index is -1.18. The van der Waals surface area contributed by atoms with Gasteiger partial charge in [0.05, 0.1) is 5.57 Å². The Morgan fingerprint density at radius 1 is 0.696 bits per heavy atom. The van der Waals surface area contributed by atoms with Gasteiger partial charge in [-0.15, -0.1) is 0 Å². The zero-order chi connectivity index (χ0) is 16.7. The van der Waals surface area contributed by atoms with Crippen LogP contribution < -0.4 is 0 Å². The molecule has 0 bridgehead atoms. The van der Waals surface area contributed by atoms with E-state index in [0.717, 1.165) is 11.1 Å².